The Labute approximate surface area is 146 Å². The molecule has 0 aliphatic rings. The van der Waals surface area contributed by atoms with E-state index in [4.69, 9.17) is 0 Å². The van der Waals surface area contributed by atoms with Crippen LogP contribution >= 0.6 is 0 Å². The van der Waals surface area contributed by atoms with Crippen molar-refractivity contribution in [2.45, 2.75) is 6.42 Å². The van der Waals surface area contributed by atoms with Gasteiger partial charge in [0.05, 0.1) is 6.42 Å². The van der Waals surface area contributed by atoms with E-state index in [9.17, 15) is 14.0 Å². The van der Waals surface area contributed by atoms with Crippen molar-refractivity contribution in [3.05, 3.63) is 65.5 Å². The summed E-state index contributed by atoms with van der Waals surface area (Å²) in [5.41, 5.74) is 2.33. The Hall–Kier alpha value is -2.89. The van der Waals surface area contributed by atoms with Crippen molar-refractivity contribution in [1.82, 2.24) is 10.6 Å². The first-order valence-corrected chi connectivity index (χ1v) is 8.02. The summed E-state index contributed by atoms with van der Waals surface area (Å²) in [6, 6.07) is 13.1. The smallest absolute Gasteiger partial charge is 0.251 e. The molecule has 5 nitrogen and oxygen atoms in total. The van der Waals surface area contributed by atoms with Crippen LogP contribution in [-0.2, 0) is 11.2 Å². The van der Waals surface area contributed by atoms with Crippen LogP contribution in [0.25, 0.3) is 0 Å². The van der Waals surface area contributed by atoms with Gasteiger partial charge < -0.3 is 15.5 Å². The molecule has 0 atom stereocenters. The molecule has 0 bridgehead atoms. The second-order valence-electron chi connectivity index (χ2n) is 5.85. The van der Waals surface area contributed by atoms with Crippen molar-refractivity contribution >= 4 is 17.5 Å². The lowest BCUT2D eigenvalue weighted by Crippen LogP contribution is -2.35. The molecule has 0 aliphatic carbocycles. The van der Waals surface area contributed by atoms with Crippen LogP contribution < -0.4 is 15.5 Å². The summed E-state index contributed by atoms with van der Waals surface area (Å²) in [5, 5.41) is 5.48. The average molecular weight is 343 g/mol. The first kappa shape index (κ1) is 18.4. The molecular formula is C19H22FN3O2. The lowest BCUT2D eigenvalue weighted by atomic mass is 10.1. The molecule has 2 aromatic carbocycles. The molecule has 0 aromatic heterocycles. The van der Waals surface area contributed by atoms with Crippen molar-refractivity contribution in [2.75, 3.05) is 32.1 Å². The minimum Gasteiger partial charge on any atom is -0.378 e. The number of amides is 2. The van der Waals surface area contributed by atoms with Crippen molar-refractivity contribution in [1.29, 1.82) is 0 Å². The third kappa shape index (κ3) is 5.91. The van der Waals surface area contributed by atoms with E-state index in [1.807, 2.05) is 31.1 Å². The van der Waals surface area contributed by atoms with E-state index in [1.54, 1.807) is 24.3 Å². The highest BCUT2D eigenvalue weighted by Gasteiger charge is 2.06. The number of benzene rings is 2. The Morgan fingerprint density at radius 2 is 1.52 bits per heavy atom. The van der Waals surface area contributed by atoms with Gasteiger partial charge in [0, 0.05) is 38.4 Å². The van der Waals surface area contributed by atoms with Crippen LogP contribution in [0.4, 0.5) is 10.1 Å². The van der Waals surface area contributed by atoms with Gasteiger partial charge >= 0.3 is 0 Å². The summed E-state index contributed by atoms with van der Waals surface area (Å²) in [4.78, 5) is 25.8. The van der Waals surface area contributed by atoms with Crippen LogP contribution in [0.5, 0.6) is 0 Å². The van der Waals surface area contributed by atoms with Crippen molar-refractivity contribution in [2.24, 2.45) is 0 Å². The number of nitrogens with one attached hydrogen (secondary N) is 2. The van der Waals surface area contributed by atoms with E-state index in [2.05, 4.69) is 10.6 Å². The largest absolute Gasteiger partial charge is 0.378 e. The Balaban J connectivity index is 1.70. The minimum absolute atomic E-state index is 0.170. The zero-order valence-corrected chi connectivity index (χ0v) is 14.4. The highest BCUT2D eigenvalue weighted by Crippen LogP contribution is 2.11. The summed E-state index contributed by atoms with van der Waals surface area (Å²) in [7, 11) is 3.87. The second kappa shape index (κ2) is 8.82. The fourth-order valence-corrected chi connectivity index (χ4v) is 2.24. The van der Waals surface area contributed by atoms with Gasteiger partial charge in [-0.2, -0.15) is 0 Å². The zero-order chi connectivity index (χ0) is 18.2. The Morgan fingerprint density at radius 3 is 2.12 bits per heavy atom. The Kier molecular flexibility index (Phi) is 6.51. The fourth-order valence-electron chi connectivity index (χ4n) is 2.24. The molecular weight excluding hydrogens is 321 g/mol. The summed E-state index contributed by atoms with van der Waals surface area (Å²) in [6.45, 7) is 0.672. The van der Waals surface area contributed by atoms with Crippen molar-refractivity contribution in [3.8, 4) is 0 Å². The summed E-state index contributed by atoms with van der Waals surface area (Å²) < 4.78 is 12.8. The highest BCUT2D eigenvalue weighted by atomic mass is 19.1. The van der Waals surface area contributed by atoms with E-state index in [0.29, 0.717) is 18.7 Å². The average Bonchev–Trinajstić information content (AvgIpc) is 2.60. The maximum absolute atomic E-state index is 12.8. The van der Waals surface area contributed by atoms with Crippen LogP contribution in [0.3, 0.4) is 0 Å². The highest BCUT2D eigenvalue weighted by molar-refractivity contribution is 5.94. The van der Waals surface area contributed by atoms with E-state index >= 15 is 0 Å². The van der Waals surface area contributed by atoms with E-state index in [1.165, 1.54) is 12.1 Å². The van der Waals surface area contributed by atoms with Gasteiger partial charge in [-0.15, -0.1) is 0 Å². The maximum atomic E-state index is 12.8. The molecule has 0 heterocycles. The molecule has 2 N–H and O–H groups in total. The van der Waals surface area contributed by atoms with Gasteiger partial charge in [0.1, 0.15) is 5.82 Å². The second-order valence-corrected chi connectivity index (χ2v) is 5.85. The molecule has 25 heavy (non-hydrogen) atoms. The zero-order valence-electron chi connectivity index (χ0n) is 14.4. The summed E-state index contributed by atoms with van der Waals surface area (Å²) in [5.74, 6) is -0.681. The molecule has 0 saturated heterocycles. The van der Waals surface area contributed by atoms with Gasteiger partial charge in [0.15, 0.2) is 0 Å². The quantitative estimate of drug-likeness (QED) is 0.756. The third-order valence-electron chi connectivity index (χ3n) is 3.66. The SMILES string of the molecule is CN(C)c1ccc(C(=O)NCCNC(=O)Cc2ccc(F)cc2)cc1. The topological polar surface area (TPSA) is 61.4 Å². The normalized spacial score (nSPS) is 10.2. The number of hydrogen-bond acceptors (Lipinski definition) is 3. The van der Waals surface area contributed by atoms with Crippen LogP contribution in [0.15, 0.2) is 48.5 Å². The molecule has 2 amide bonds. The van der Waals surface area contributed by atoms with Crippen LogP contribution in [0, 0.1) is 5.82 Å². The lowest BCUT2D eigenvalue weighted by Gasteiger charge is -2.12. The van der Waals surface area contributed by atoms with Gasteiger partial charge in [0.2, 0.25) is 5.91 Å². The van der Waals surface area contributed by atoms with Gasteiger partial charge in [-0.25, -0.2) is 4.39 Å². The molecule has 0 fully saturated rings. The predicted octanol–water partition coefficient (Wildman–Crippen LogP) is 1.98. The number of anilines is 1. The van der Waals surface area contributed by atoms with Gasteiger partial charge in [-0.3, -0.25) is 9.59 Å². The molecule has 0 unspecified atom stereocenters. The van der Waals surface area contributed by atoms with E-state index < -0.39 is 0 Å². The van der Waals surface area contributed by atoms with Gasteiger partial charge in [0.25, 0.3) is 5.91 Å². The van der Waals surface area contributed by atoms with E-state index in [-0.39, 0.29) is 24.1 Å². The van der Waals surface area contributed by atoms with E-state index in [0.717, 1.165) is 11.3 Å². The van der Waals surface area contributed by atoms with Crippen LogP contribution in [-0.4, -0.2) is 39.0 Å². The standard InChI is InChI=1S/C19H22FN3O2/c1-23(2)17-9-5-15(6-10-17)19(25)22-12-11-21-18(24)13-14-3-7-16(20)8-4-14/h3-10H,11-13H2,1-2H3,(H,21,24)(H,22,25). The molecule has 0 saturated carbocycles. The molecule has 0 aliphatic heterocycles. The minimum atomic E-state index is -0.328. The van der Waals surface area contributed by atoms with Gasteiger partial charge in [-0.1, -0.05) is 12.1 Å². The number of carbonyl (C=O) groups is 2. The molecule has 6 heteroatoms. The number of halogens is 1. The Bertz CT molecular complexity index is 712. The molecule has 0 spiro atoms. The monoisotopic (exact) mass is 343 g/mol. The third-order valence-corrected chi connectivity index (χ3v) is 3.66. The van der Waals surface area contributed by atoms with Crippen molar-refractivity contribution in [3.63, 3.8) is 0 Å². The Morgan fingerprint density at radius 1 is 0.920 bits per heavy atom. The molecule has 132 valence electrons. The predicted molar refractivity (Wildman–Crippen MR) is 96.2 cm³/mol. The van der Waals surface area contributed by atoms with Crippen LogP contribution in [0.2, 0.25) is 0 Å². The number of rotatable bonds is 7. The maximum Gasteiger partial charge on any atom is 0.251 e. The first-order valence-electron chi connectivity index (χ1n) is 8.02. The number of nitrogens with zero attached hydrogens (tertiary/aromatic N) is 1. The summed E-state index contributed by atoms with van der Waals surface area (Å²) >= 11 is 0. The fraction of sp³-hybridized carbons (Fsp3) is 0.263. The number of hydrogen-bond donors (Lipinski definition) is 2. The lowest BCUT2D eigenvalue weighted by molar-refractivity contribution is -0.120. The molecule has 2 rings (SSSR count). The van der Waals surface area contributed by atoms with Crippen molar-refractivity contribution < 1.29 is 14.0 Å². The molecule has 0 radical (unpaired) electrons. The molecule has 2 aromatic rings. The summed E-state index contributed by atoms with van der Waals surface area (Å²) in [6.07, 6.45) is 0.181. The first-order chi connectivity index (χ1) is 12.0. The van der Waals surface area contributed by atoms with Crippen LogP contribution in [0.1, 0.15) is 15.9 Å². The van der Waals surface area contributed by atoms with Gasteiger partial charge in [-0.05, 0) is 42.0 Å². The number of carbonyl (C=O) groups excluding carboxylic acids is 2.